The van der Waals surface area contributed by atoms with Crippen molar-refractivity contribution in [3.05, 3.63) is 0 Å². The summed E-state index contributed by atoms with van der Waals surface area (Å²) >= 11 is 0. The highest BCUT2D eigenvalue weighted by molar-refractivity contribution is 6.06. The first-order chi connectivity index (χ1) is 6.49. The van der Waals surface area contributed by atoms with Gasteiger partial charge >= 0.3 is 5.97 Å². The van der Waals surface area contributed by atoms with E-state index >= 15 is 0 Å². The molecule has 0 aliphatic carbocycles. The highest BCUT2D eigenvalue weighted by Crippen LogP contribution is 2.07. The summed E-state index contributed by atoms with van der Waals surface area (Å²) in [6, 6.07) is 0. The molecule has 3 N–H and O–H groups in total. The van der Waals surface area contributed by atoms with E-state index in [0.717, 1.165) is 0 Å². The summed E-state index contributed by atoms with van der Waals surface area (Å²) in [6.45, 7) is 0. The average Bonchev–Trinajstić information content (AvgIpc) is 2.28. The van der Waals surface area contributed by atoms with Crippen LogP contribution >= 0.6 is 0 Å². The van der Waals surface area contributed by atoms with Crippen molar-refractivity contribution < 1.29 is 23.9 Å². The van der Waals surface area contributed by atoms with Gasteiger partial charge in [-0.05, 0) is 0 Å². The van der Waals surface area contributed by atoms with Crippen molar-refractivity contribution in [1.82, 2.24) is 5.32 Å². The Morgan fingerprint density at radius 1 is 1.50 bits per heavy atom. The van der Waals surface area contributed by atoms with Crippen molar-refractivity contribution in [2.45, 2.75) is 18.9 Å². The smallest absolute Gasteiger partial charge is 0.316 e. The number of nitrogens with one attached hydrogen (secondary N) is 1. The quantitative estimate of drug-likeness (QED) is 0.305. The fourth-order valence-corrected chi connectivity index (χ4v) is 0.968. The molecule has 0 saturated carbocycles. The molecule has 7 heteroatoms. The number of hydrogen-bond acceptors (Lipinski definition) is 5. The van der Waals surface area contributed by atoms with Gasteiger partial charge in [0.15, 0.2) is 6.10 Å². The summed E-state index contributed by atoms with van der Waals surface area (Å²) in [5, 5.41) is 1.95. The molecule has 1 atom stereocenters. The van der Waals surface area contributed by atoms with Gasteiger partial charge in [0.25, 0.3) is 5.91 Å². The van der Waals surface area contributed by atoms with Crippen molar-refractivity contribution >= 4 is 23.7 Å². The van der Waals surface area contributed by atoms with E-state index in [-0.39, 0.29) is 6.42 Å². The number of carbonyl (C=O) groups is 4. The van der Waals surface area contributed by atoms with Crippen LogP contribution in [0.15, 0.2) is 0 Å². The minimum Gasteiger partial charge on any atom is -0.451 e. The molecule has 1 aliphatic heterocycles. The standard InChI is InChI=1S/C7H8N2O5/c8-4(10)2-6(12)14-3-1-5(11)9-7(3)13/h3H,1-2H2,(H2,8,10)(H,9,11,13). The normalized spacial score (nSPS) is 20.4. The summed E-state index contributed by atoms with van der Waals surface area (Å²) in [6.07, 6.45) is -1.93. The second kappa shape index (κ2) is 3.86. The van der Waals surface area contributed by atoms with Crippen molar-refractivity contribution in [2.24, 2.45) is 5.73 Å². The molecular formula is C7H8N2O5. The zero-order valence-corrected chi connectivity index (χ0v) is 7.11. The van der Waals surface area contributed by atoms with Gasteiger partial charge in [-0.15, -0.1) is 0 Å². The molecule has 0 spiro atoms. The van der Waals surface area contributed by atoms with E-state index in [1.165, 1.54) is 0 Å². The van der Waals surface area contributed by atoms with Gasteiger partial charge in [0.05, 0.1) is 6.42 Å². The Kier molecular flexibility index (Phi) is 2.80. The van der Waals surface area contributed by atoms with Gasteiger partial charge in [0, 0.05) is 0 Å². The predicted octanol–water partition coefficient (Wildman–Crippen LogP) is -2.18. The second-order valence-electron chi connectivity index (χ2n) is 2.74. The number of hydrogen-bond donors (Lipinski definition) is 2. The van der Waals surface area contributed by atoms with Crippen LogP contribution in [-0.2, 0) is 23.9 Å². The number of imide groups is 1. The highest BCUT2D eigenvalue weighted by atomic mass is 16.5. The Balaban J connectivity index is 2.45. The Hall–Kier alpha value is -1.92. The van der Waals surface area contributed by atoms with E-state index in [4.69, 9.17) is 5.73 Å². The summed E-state index contributed by atoms with van der Waals surface area (Å²) in [5.41, 5.74) is 4.72. The lowest BCUT2D eigenvalue weighted by atomic mass is 10.3. The maximum atomic E-state index is 10.9. The maximum Gasteiger partial charge on any atom is 0.316 e. The lowest BCUT2D eigenvalue weighted by Gasteiger charge is -2.06. The number of amides is 3. The molecule has 14 heavy (non-hydrogen) atoms. The zero-order valence-electron chi connectivity index (χ0n) is 7.11. The van der Waals surface area contributed by atoms with Crippen LogP contribution in [0.1, 0.15) is 12.8 Å². The van der Waals surface area contributed by atoms with Crippen LogP contribution in [0.25, 0.3) is 0 Å². The van der Waals surface area contributed by atoms with Crippen molar-refractivity contribution in [1.29, 1.82) is 0 Å². The van der Waals surface area contributed by atoms with Crippen LogP contribution in [0, 0.1) is 0 Å². The molecule has 1 fully saturated rings. The van der Waals surface area contributed by atoms with Crippen LogP contribution in [0.5, 0.6) is 0 Å². The van der Waals surface area contributed by atoms with E-state index in [9.17, 15) is 19.2 Å². The molecular weight excluding hydrogens is 192 g/mol. The Labute approximate surface area is 78.6 Å². The molecule has 3 amide bonds. The average molecular weight is 200 g/mol. The topological polar surface area (TPSA) is 116 Å². The lowest BCUT2D eigenvalue weighted by molar-refractivity contribution is -0.155. The first-order valence-electron chi connectivity index (χ1n) is 3.80. The molecule has 0 aromatic carbocycles. The van der Waals surface area contributed by atoms with E-state index in [0.29, 0.717) is 0 Å². The van der Waals surface area contributed by atoms with Gasteiger partial charge in [-0.25, -0.2) is 0 Å². The maximum absolute atomic E-state index is 10.9. The van der Waals surface area contributed by atoms with Gasteiger partial charge < -0.3 is 10.5 Å². The molecule has 7 nitrogen and oxygen atoms in total. The molecule has 0 bridgehead atoms. The molecule has 1 unspecified atom stereocenters. The second-order valence-corrected chi connectivity index (χ2v) is 2.74. The Bertz CT molecular complexity index is 311. The largest absolute Gasteiger partial charge is 0.451 e. The van der Waals surface area contributed by atoms with Gasteiger partial charge in [0.1, 0.15) is 6.42 Å². The predicted molar refractivity (Wildman–Crippen MR) is 41.5 cm³/mol. The third-order valence-electron chi connectivity index (χ3n) is 1.52. The fraction of sp³-hybridized carbons (Fsp3) is 0.429. The summed E-state index contributed by atoms with van der Waals surface area (Å²) < 4.78 is 4.53. The van der Waals surface area contributed by atoms with Crippen LogP contribution in [0.4, 0.5) is 0 Å². The lowest BCUT2D eigenvalue weighted by Crippen LogP contribution is -2.29. The van der Waals surface area contributed by atoms with Crippen LogP contribution < -0.4 is 11.1 Å². The van der Waals surface area contributed by atoms with Crippen molar-refractivity contribution in [3.63, 3.8) is 0 Å². The third kappa shape index (κ3) is 2.54. The van der Waals surface area contributed by atoms with Crippen LogP contribution in [0.2, 0.25) is 0 Å². The highest BCUT2D eigenvalue weighted by Gasteiger charge is 2.33. The monoisotopic (exact) mass is 200 g/mol. The summed E-state index contributed by atoms with van der Waals surface area (Å²) in [7, 11) is 0. The van der Waals surface area contributed by atoms with Gasteiger partial charge in [-0.3, -0.25) is 24.5 Å². The molecule has 1 heterocycles. The fourth-order valence-electron chi connectivity index (χ4n) is 0.968. The van der Waals surface area contributed by atoms with Crippen molar-refractivity contribution in [3.8, 4) is 0 Å². The number of ether oxygens (including phenoxy) is 1. The van der Waals surface area contributed by atoms with Gasteiger partial charge in [-0.1, -0.05) is 0 Å². The number of primary amides is 1. The van der Waals surface area contributed by atoms with Gasteiger partial charge in [0.2, 0.25) is 11.8 Å². The number of carbonyl (C=O) groups excluding carboxylic acids is 4. The zero-order chi connectivity index (χ0) is 10.7. The summed E-state index contributed by atoms with van der Waals surface area (Å²) in [4.78, 5) is 42.7. The van der Waals surface area contributed by atoms with E-state index < -0.39 is 36.2 Å². The minimum absolute atomic E-state index is 0.205. The Morgan fingerprint density at radius 3 is 2.57 bits per heavy atom. The number of esters is 1. The van der Waals surface area contributed by atoms with E-state index in [2.05, 4.69) is 4.74 Å². The Morgan fingerprint density at radius 2 is 2.14 bits per heavy atom. The minimum atomic E-state index is -1.13. The molecule has 0 radical (unpaired) electrons. The SMILES string of the molecule is NC(=O)CC(=O)OC1CC(=O)NC1=O. The molecule has 76 valence electrons. The molecule has 1 saturated heterocycles. The van der Waals surface area contributed by atoms with Crippen molar-refractivity contribution in [2.75, 3.05) is 0 Å². The van der Waals surface area contributed by atoms with Gasteiger partial charge in [-0.2, -0.15) is 0 Å². The van der Waals surface area contributed by atoms with E-state index in [1.54, 1.807) is 0 Å². The summed E-state index contributed by atoms with van der Waals surface area (Å²) in [5.74, 6) is -2.94. The van der Waals surface area contributed by atoms with E-state index in [1.807, 2.05) is 5.32 Å². The number of nitrogens with two attached hydrogens (primary N) is 1. The van der Waals surface area contributed by atoms with Crippen LogP contribution in [-0.4, -0.2) is 29.8 Å². The third-order valence-corrected chi connectivity index (χ3v) is 1.52. The first kappa shape index (κ1) is 10.2. The molecule has 0 aromatic heterocycles. The first-order valence-corrected chi connectivity index (χ1v) is 3.80. The van der Waals surface area contributed by atoms with Crippen LogP contribution in [0.3, 0.4) is 0 Å². The number of rotatable bonds is 3. The molecule has 0 aromatic rings. The molecule has 1 rings (SSSR count). The molecule has 1 aliphatic rings.